The zero-order chi connectivity index (χ0) is 14.9. The molecule has 8 nitrogen and oxygen atoms in total. The van der Waals surface area contributed by atoms with Gasteiger partial charge in [-0.15, -0.1) is 11.3 Å². The Morgan fingerprint density at radius 2 is 2.30 bits per heavy atom. The van der Waals surface area contributed by atoms with Crippen LogP contribution in [-0.4, -0.2) is 16.8 Å². The molecule has 0 bridgehead atoms. The van der Waals surface area contributed by atoms with Crippen LogP contribution in [0.1, 0.15) is 32.7 Å². The van der Waals surface area contributed by atoms with Crippen molar-refractivity contribution in [2.45, 2.75) is 20.8 Å². The topological polar surface area (TPSA) is 120 Å². The fraction of sp³-hybridized carbons (Fsp3) is 0.273. The van der Waals surface area contributed by atoms with Gasteiger partial charge in [0.25, 0.3) is 0 Å². The summed E-state index contributed by atoms with van der Waals surface area (Å²) in [6, 6.07) is 1.98. The third-order valence-electron chi connectivity index (χ3n) is 2.61. The van der Waals surface area contributed by atoms with Crippen LogP contribution in [0.15, 0.2) is 15.8 Å². The first-order valence-electron chi connectivity index (χ1n) is 5.67. The molecule has 2 aromatic heterocycles. The standard InChI is InChI=1S/C11H13N5O3S/c1-5-4-8(7(3)20-5)6(2)13-14-11(17)9-10(12)15-19-16(9)18/h4H,1-3H3,(H2,12,15)(H,14,17)/b13-6+. The molecule has 2 aromatic rings. The summed E-state index contributed by atoms with van der Waals surface area (Å²) in [6.45, 7) is 5.72. The summed E-state index contributed by atoms with van der Waals surface area (Å²) in [5.41, 5.74) is 8.77. The van der Waals surface area contributed by atoms with E-state index in [-0.39, 0.29) is 10.7 Å². The molecule has 106 valence electrons. The average molecular weight is 295 g/mol. The summed E-state index contributed by atoms with van der Waals surface area (Å²) >= 11 is 1.64. The van der Waals surface area contributed by atoms with Gasteiger partial charge in [-0.1, -0.05) is 0 Å². The zero-order valence-corrected chi connectivity index (χ0v) is 11.9. The van der Waals surface area contributed by atoms with E-state index in [9.17, 15) is 10.0 Å². The molecule has 9 heteroatoms. The largest absolute Gasteiger partial charge is 0.359 e. The Balaban J connectivity index is 2.17. The molecule has 0 aliphatic rings. The van der Waals surface area contributed by atoms with Gasteiger partial charge in [0.15, 0.2) is 0 Å². The maximum absolute atomic E-state index is 11.8. The number of nitrogens with two attached hydrogens (primary N) is 1. The van der Waals surface area contributed by atoms with E-state index in [1.54, 1.807) is 18.3 Å². The number of nitrogen functional groups attached to an aromatic ring is 1. The third kappa shape index (κ3) is 2.62. The van der Waals surface area contributed by atoms with Crippen molar-refractivity contribution < 1.29 is 14.3 Å². The number of carbonyl (C=O) groups is 1. The fourth-order valence-corrected chi connectivity index (χ4v) is 2.67. The Morgan fingerprint density at radius 1 is 1.60 bits per heavy atom. The quantitative estimate of drug-likeness (QED) is 0.491. The van der Waals surface area contributed by atoms with Crippen LogP contribution in [0.25, 0.3) is 0 Å². The van der Waals surface area contributed by atoms with Crippen molar-refractivity contribution in [1.29, 1.82) is 0 Å². The predicted molar refractivity (Wildman–Crippen MR) is 73.3 cm³/mol. The van der Waals surface area contributed by atoms with Crippen LogP contribution in [-0.2, 0) is 0 Å². The second-order valence-electron chi connectivity index (χ2n) is 4.13. The molecule has 0 unspecified atom stereocenters. The molecule has 0 atom stereocenters. The molecule has 0 saturated heterocycles. The van der Waals surface area contributed by atoms with E-state index in [4.69, 9.17) is 5.73 Å². The number of thiophene rings is 1. The number of aromatic nitrogens is 2. The zero-order valence-electron chi connectivity index (χ0n) is 11.1. The lowest BCUT2D eigenvalue weighted by atomic mass is 10.2. The van der Waals surface area contributed by atoms with Crippen LogP contribution in [0.3, 0.4) is 0 Å². The molecule has 0 aliphatic carbocycles. The van der Waals surface area contributed by atoms with Crippen molar-refractivity contribution in [3.63, 3.8) is 0 Å². The molecule has 2 rings (SSSR count). The molecular formula is C11H13N5O3S. The van der Waals surface area contributed by atoms with Gasteiger partial charge in [0.2, 0.25) is 0 Å². The molecule has 0 aromatic carbocycles. The van der Waals surface area contributed by atoms with E-state index in [1.165, 1.54) is 0 Å². The van der Waals surface area contributed by atoms with Gasteiger partial charge < -0.3 is 10.9 Å². The third-order valence-corrected chi connectivity index (χ3v) is 3.58. The van der Waals surface area contributed by atoms with Crippen molar-refractivity contribution in [2.24, 2.45) is 5.10 Å². The van der Waals surface area contributed by atoms with Gasteiger partial charge in [0.05, 0.1) is 10.9 Å². The number of amides is 1. The van der Waals surface area contributed by atoms with Crippen LogP contribution in [0.4, 0.5) is 5.82 Å². The number of aryl methyl sites for hydroxylation is 2. The molecule has 0 spiro atoms. The van der Waals surface area contributed by atoms with E-state index in [0.717, 1.165) is 15.3 Å². The van der Waals surface area contributed by atoms with Crippen LogP contribution in [0, 0.1) is 19.1 Å². The Morgan fingerprint density at radius 3 is 2.80 bits per heavy atom. The minimum Gasteiger partial charge on any atom is -0.359 e. The van der Waals surface area contributed by atoms with Crippen LogP contribution < -0.4 is 16.1 Å². The molecule has 3 N–H and O–H groups in total. The second-order valence-corrected chi connectivity index (χ2v) is 5.59. The number of hydrazone groups is 1. The molecule has 0 fully saturated rings. The highest BCUT2D eigenvalue weighted by atomic mass is 32.1. The lowest BCUT2D eigenvalue weighted by Gasteiger charge is -2.00. The number of rotatable bonds is 3. The molecule has 20 heavy (non-hydrogen) atoms. The summed E-state index contributed by atoms with van der Waals surface area (Å²) in [4.78, 5) is 13.9. The van der Waals surface area contributed by atoms with Crippen LogP contribution in [0.2, 0.25) is 0 Å². The van der Waals surface area contributed by atoms with E-state index in [0.29, 0.717) is 5.71 Å². The van der Waals surface area contributed by atoms with Gasteiger partial charge in [0.1, 0.15) is 0 Å². The normalized spacial score (nSPS) is 11.7. The summed E-state index contributed by atoms with van der Waals surface area (Å²) in [6.07, 6.45) is 0. The highest BCUT2D eigenvalue weighted by Gasteiger charge is 2.24. The molecule has 0 aliphatic heterocycles. The van der Waals surface area contributed by atoms with Gasteiger partial charge in [0, 0.05) is 15.3 Å². The monoisotopic (exact) mass is 295 g/mol. The first-order chi connectivity index (χ1) is 9.40. The lowest BCUT2D eigenvalue weighted by Crippen LogP contribution is -2.36. The van der Waals surface area contributed by atoms with Gasteiger partial charge in [-0.05, 0) is 31.7 Å². The van der Waals surface area contributed by atoms with Gasteiger partial charge in [-0.2, -0.15) is 5.10 Å². The number of nitrogens with zero attached hydrogens (tertiary/aromatic N) is 3. The molecule has 2 heterocycles. The van der Waals surface area contributed by atoms with Gasteiger partial charge in [-0.25, -0.2) is 5.43 Å². The van der Waals surface area contributed by atoms with Crippen molar-refractivity contribution in [2.75, 3.05) is 5.73 Å². The van der Waals surface area contributed by atoms with Crippen molar-refractivity contribution >= 4 is 28.8 Å². The van der Waals surface area contributed by atoms with E-state index in [1.807, 2.05) is 19.9 Å². The Bertz CT molecular complexity index is 669. The van der Waals surface area contributed by atoms with E-state index < -0.39 is 11.6 Å². The Kier molecular flexibility index (Phi) is 3.70. The molecule has 1 amide bonds. The van der Waals surface area contributed by atoms with Crippen molar-refractivity contribution in [1.82, 2.24) is 10.6 Å². The van der Waals surface area contributed by atoms with Crippen LogP contribution >= 0.6 is 11.3 Å². The Labute approximate surface area is 118 Å². The molecular weight excluding hydrogens is 282 g/mol. The van der Waals surface area contributed by atoms with Gasteiger partial charge >= 0.3 is 17.4 Å². The first-order valence-corrected chi connectivity index (χ1v) is 6.49. The lowest BCUT2D eigenvalue weighted by molar-refractivity contribution is -0.803. The average Bonchev–Trinajstić information content (AvgIpc) is 2.89. The number of nitrogens with one attached hydrogen (secondary N) is 1. The van der Waals surface area contributed by atoms with E-state index in [2.05, 4.69) is 20.3 Å². The van der Waals surface area contributed by atoms with Crippen molar-refractivity contribution in [3.05, 3.63) is 32.3 Å². The highest BCUT2D eigenvalue weighted by molar-refractivity contribution is 7.12. The summed E-state index contributed by atoms with van der Waals surface area (Å²) in [5.74, 6) is -1.06. The summed E-state index contributed by atoms with van der Waals surface area (Å²) in [5, 5.41) is 18.3. The fourth-order valence-electron chi connectivity index (χ4n) is 1.70. The summed E-state index contributed by atoms with van der Waals surface area (Å²) in [7, 11) is 0. The Hall–Kier alpha value is -2.42. The highest BCUT2D eigenvalue weighted by Crippen LogP contribution is 2.21. The minimum atomic E-state index is -0.775. The number of hydrogen-bond acceptors (Lipinski definition) is 7. The number of hydrogen-bond donors (Lipinski definition) is 2. The number of anilines is 1. The maximum atomic E-state index is 11.8. The predicted octanol–water partition coefficient (Wildman–Crippen LogP) is 0.723. The van der Waals surface area contributed by atoms with Gasteiger partial charge in [-0.3, -0.25) is 9.42 Å². The maximum Gasteiger partial charge on any atom is 0.322 e. The second kappa shape index (κ2) is 5.29. The summed E-state index contributed by atoms with van der Waals surface area (Å²) < 4.78 is 4.21. The van der Waals surface area contributed by atoms with Crippen LogP contribution in [0.5, 0.6) is 0 Å². The SMILES string of the molecule is C/C(=N\NC(=O)c1c(N)no[n+]1[O-])c1cc(C)sc1C. The number of carbonyl (C=O) groups excluding carboxylic acids is 1. The molecule has 0 saturated carbocycles. The van der Waals surface area contributed by atoms with Crippen molar-refractivity contribution in [3.8, 4) is 0 Å². The minimum absolute atomic E-state index is 0.0600. The molecule has 0 radical (unpaired) electrons. The first kappa shape index (κ1) is 14.0. The van der Waals surface area contributed by atoms with E-state index >= 15 is 0 Å². The smallest absolute Gasteiger partial charge is 0.322 e.